The molecule has 3 aromatic rings. The van der Waals surface area contributed by atoms with Crippen molar-refractivity contribution in [3.63, 3.8) is 0 Å². The highest BCUT2D eigenvalue weighted by atomic mass is 32.2. The van der Waals surface area contributed by atoms with E-state index >= 15 is 4.39 Å². The summed E-state index contributed by atoms with van der Waals surface area (Å²) in [4.78, 5) is 81.8. The van der Waals surface area contributed by atoms with Crippen molar-refractivity contribution in [1.29, 1.82) is 0 Å². The zero-order valence-corrected chi connectivity index (χ0v) is 40.0. The first kappa shape index (κ1) is 55.4. The molecule has 3 aromatic carbocycles. The van der Waals surface area contributed by atoms with E-state index in [9.17, 15) is 37.4 Å². The molecule has 5 aliphatic rings. The lowest BCUT2D eigenvalue weighted by atomic mass is 10.1. The van der Waals surface area contributed by atoms with Gasteiger partial charge in [0, 0.05) is 73.8 Å². The van der Waals surface area contributed by atoms with Gasteiger partial charge >= 0.3 is 18.2 Å². The summed E-state index contributed by atoms with van der Waals surface area (Å²) in [5.41, 5.74) is 7.75. The molecule has 5 amide bonds. The number of carbonyl (C=O) groups is 6. The number of fused-ring (bicyclic) bond motifs is 1. The van der Waals surface area contributed by atoms with E-state index in [2.05, 4.69) is 15.6 Å². The third-order valence-corrected chi connectivity index (χ3v) is 14.0. The molecular formula is C43H59F2N10O12S2+. The summed E-state index contributed by atoms with van der Waals surface area (Å²) in [6.07, 6.45) is 1.08. The number of halogens is 2. The number of piperazine rings is 2. The number of hydrazine groups is 1. The van der Waals surface area contributed by atoms with Gasteiger partial charge in [0.15, 0.2) is 13.1 Å². The number of aliphatic hydroxyl groups is 1. The molecule has 2 unspecified atom stereocenters. The topological polar surface area (TPSA) is 310 Å². The van der Waals surface area contributed by atoms with E-state index in [1.54, 1.807) is 53.4 Å². The van der Waals surface area contributed by atoms with Gasteiger partial charge in [-0.2, -0.15) is 0 Å². The van der Waals surface area contributed by atoms with Gasteiger partial charge in [0.2, 0.25) is 5.91 Å². The lowest BCUT2D eigenvalue weighted by Gasteiger charge is -2.36. The van der Waals surface area contributed by atoms with E-state index in [-0.39, 0.29) is 59.3 Å². The zero-order chi connectivity index (χ0) is 49.8. The third kappa shape index (κ3) is 13.3. The maximum atomic E-state index is 15.1. The Bertz CT molecular complexity index is 2380. The molecule has 5 aliphatic heterocycles. The van der Waals surface area contributed by atoms with Crippen LogP contribution in [0.2, 0.25) is 0 Å². The molecule has 4 atom stereocenters. The van der Waals surface area contributed by atoms with Gasteiger partial charge in [0.05, 0.1) is 66.6 Å². The number of anilines is 4. The van der Waals surface area contributed by atoms with Crippen molar-refractivity contribution in [2.45, 2.75) is 12.2 Å². The summed E-state index contributed by atoms with van der Waals surface area (Å²) in [6.45, 7) is 4.76. The molecule has 378 valence electrons. The van der Waals surface area contributed by atoms with Gasteiger partial charge in [-0.25, -0.2) is 22.3 Å². The smallest absolute Gasteiger partial charge is 0.414 e. The number of ether oxygens (including phenoxy) is 2. The Balaban J connectivity index is 0.000000288. The van der Waals surface area contributed by atoms with Crippen LogP contribution in [0.3, 0.4) is 0 Å². The van der Waals surface area contributed by atoms with Crippen molar-refractivity contribution < 1.29 is 70.9 Å². The van der Waals surface area contributed by atoms with Crippen molar-refractivity contribution >= 4 is 80.1 Å². The number of rotatable bonds is 11. The molecular weight excluding hydrogens is 951 g/mol. The fourth-order valence-corrected chi connectivity index (χ4v) is 9.96. The van der Waals surface area contributed by atoms with Gasteiger partial charge in [-0.05, 0) is 48.5 Å². The van der Waals surface area contributed by atoms with Crippen LogP contribution in [-0.2, 0) is 40.6 Å². The standard InChI is InChI=1S/C25H25FN4O6S.C17H23FN4O4S.CH4O.H4N2.H2O/c1-37(35)15-22(31)28-10-8-27(9-11-28)21-7-6-16(12-20(21)26)29-13-17(36-25(29)34)14-30-23(32)18-4-2-3-5-19(18)24(30)33;1-27(11-16(23)24)21-6-4-20(5-7-21)15-3-2-12(8-14(15)18)22-10-13(9-19)26-17(22)25;2*1-2;/h2-7,12,17H,8-11,13-15H2,1H3;2-3,8,13H,4-7,9-11,19H2,1H3;2H,1H3;1-2H2;1H2/p+1/t17-,37?;13-,27?;;;/m10.../s1. The van der Waals surface area contributed by atoms with Gasteiger partial charge in [0.1, 0.15) is 35.3 Å². The molecule has 0 aromatic heterocycles. The first-order valence-electron chi connectivity index (χ1n) is 21.3. The molecule has 0 bridgehead atoms. The Morgan fingerprint density at radius 2 is 1.20 bits per heavy atom. The van der Waals surface area contributed by atoms with Crippen LogP contribution in [0.1, 0.15) is 20.7 Å². The van der Waals surface area contributed by atoms with Crippen LogP contribution in [0.25, 0.3) is 0 Å². The lowest BCUT2D eigenvalue weighted by Crippen LogP contribution is -2.50. The molecule has 0 spiro atoms. The molecule has 4 fully saturated rings. The number of aliphatic hydroxyl groups excluding tert-OH is 1. The number of hydrogen-bond acceptors (Lipinski definition) is 15. The van der Waals surface area contributed by atoms with Crippen LogP contribution in [0.4, 0.5) is 41.1 Å². The highest BCUT2D eigenvalue weighted by molar-refractivity contribution is 7.85. The molecule has 69 heavy (non-hydrogen) atoms. The van der Waals surface area contributed by atoms with Crippen LogP contribution in [0.15, 0.2) is 60.7 Å². The van der Waals surface area contributed by atoms with Gasteiger partial charge in [-0.1, -0.05) is 12.1 Å². The largest absolute Gasteiger partial charge is 0.480 e. The number of amides is 5. The Labute approximate surface area is 401 Å². The number of cyclic esters (lactones) is 2. The minimum Gasteiger partial charge on any atom is -0.480 e. The van der Waals surface area contributed by atoms with Gasteiger partial charge in [-0.15, -0.1) is 0 Å². The van der Waals surface area contributed by atoms with Crippen LogP contribution >= 0.6 is 0 Å². The maximum Gasteiger partial charge on any atom is 0.414 e. The fraction of sp³-hybridized carbons (Fsp3) is 0.442. The quantitative estimate of drug-likeness (QED) is 0.0702. The number of carboxylic acids is 1. The van der Waals surface area contributed by atoms with E-state index in [1.807, 2.05) is 16.1 Å². The summed E-state index contributed by atoms with van der Waals surface area (Å²) >= 11 is 0. The second-order valence-corrected chi connectivity index (χ2v) is 19.1. The SMILES string of the molecule is CO.CS(=O)CC(=O)N1CCN(c2ccc(N3C[C@H](CN4C(=O)c5ccccc5C4=O)OC3=O)cc2F)CC1.CS(CC(=O)O)=[N+]1CCN(c2ccc(N3C[C@H](CN)OC3=O)cc2F)CC1.NN.O. The molecule has 8 rings (SSSR count). The average Bonchev–Trinajstić information content (AvgIpc) is 3.98. The molecule has 0 radical (unpaired) electrons. The van der Waals surface area contributed by atoms with E-state index in [4.69, 9.17) is 25.4 Å². The number of carbonyl (C=O) groups excluding carboxylic acids is 5. The molecule has 0 saturated carbocycles. The summed E-state index contributed by atoms with van der Waals surface area (Å²) in [7, 11) is -0.545. The first-order chi connectivity index (χ1) is 32.6. The van der Waals surface area contributed by atoms with Gasteiger partial charge in [-0.3, -0.25) is 49.8 Å². The summed E-state index contributed by atoms with van der Waals surface area (Å²) in [5, 5.41) is 15.9. The molecule has 0 aliphatic carbocycles. The maximum absolute atomic E-state index is 15.1. The molecule has 26 heteroatoms. The van der Waals surface area contributed by atoms with E-state index in [0.29, 0.717) is 92.8 Å². The Morgan fingerprint density at radius 1 is 0.739 bits per heavy atom. The number of imide groups is 1. The predicted molar refractivity (Wildman–Crippen MR) is 255 cm³/mol. The van der Waals surface area contributed by atoms with Crippen molar-refractivity contribution in [1.82, 2.24) is 9.80 Å². The van der Waals surface area contributed by atoms with E-state index in [0.717, 1.165) is 12.0 Å². The van der Waals surface area contributed by atoms with Gasteiger partial charge < -0.3 is 45.6 Å². The minimum atomic E-state index is -1.21. The van der Waals surface area contributed by atoms with Crippen molar-refractivity contribution in [2.24, 2.45) is 17.4 Å². The zero-order valence-electron chi connectivity index (χ0n) is 38.3. The van der Waals surface area contributed by atoms with Gasteiger partial charge in [0.25, 0.3) is 11.8 Å². The first-order valence-corrected chi connectivity index (χ1v) is 24.8. The number of benzene rings is 3. The van der Waals surface area contributed by atoms with E-state index in [1.165, 1.54) is 28.2 Å². The normalized spacial score (nSPS) is 19.5. The average molecular weight is 1010 g/mol. The number of carboxylic acid groups (broad SMARTS) is 1. The third-order valence-electron chi connectivity index (χ3n) is 11.4. The van der Waals surface area contributed by atoms with E-state index < -0.39 is 58.5 Å². The summed E-state index contributed by atoms with van der Waals surface area (Å²) in [5.74, 6) is 5.32. The fourth-order valence-electron chi connectivity index (χ4n) is 8.10. The highest BCUT2D eigenvalue weighted by Crippen LogP contribution is 2.31. The van der Waals surface area contributed by atoms with Crippen LogP contribution in [-0.4, -0.2) is 191 Å². The number of aliphatic carboxylic acids is 1. The Kier molecular flexibility index (Phi) is 20.4. The summed E-state index contributed by atoms with van der Waals surface area (Å²) < 4.78 is 53.7. The molecule has 10 N–H and O–H groups in total. The summed E-state index contributed by atoms with van der Waals surface area (Å²) in [6, 6.07) is 15.7. The van der Waals surface area contributed by atoms with Crippen molar-refractivity contribution in [3.8, 4) is 0 Å². The minimum absolute atomic E-state index is 0. The lowest BCUT2D eigenvalue weighted by molar-refractivity contribution is -0.504. The van der Waals surface area contributed by atoms with Crippen LogP contribution in [0.5, 0.6) is 0 Å². The van der Waals surface area contributed by atoms with Crippen molar-refractivity contribution in [2.75, 3.05) is 129 Å². The second kappa shape index (κ2) is 25.4. The van der Waals surface area contributed by atoms with Crippen molar-refractivity contribution in [3.05, 3.63) is 83.4 Å². The molecule has 5 heterocycles. The highest BCUT2D eigenvalue weighted by Gasteiger charge is 2.41. The molecule has 22 nitrogen and oxygen atoms in total. The number of hydrogen-bond donors (Lipinski definition) is 5. The Hall–Kier alpha value is -6.16. The number of nitrogens with two attached hydrogens (primary N) is 3. The molecule has 4 saturated heterocycles. The monoisotopic (exact) mass is 1010 g/mol. The predicted octanol–water partition coefficient (Wildman–Crippen LogP) is -0.465. The number of nitrogens with zero attached hydrogens (tertiary/aromatic N) is 7. The van der Waals surface area contributed by atoms with Crippen LogP contribution < -0.4 is 37.0 Å². The second-order valence-electron chi connectivity index (χ2n) is 15.6. The van der Waals surface area contributed by atoms with Crippen LogP contribution in [0, 0.1) is 11.6 Å². The Morgan fingerprint density at radius 3 is 1.64 bits per heavy atom.